The zero-order valence-corrected chi connectivity index (χ0v) is 12.6. The summed E-state index contributed by atoms with van der Waals surface area (Å²) >= 11 is 0. The summed E-state index contributed by atoms with van der Waals surface area (Å²) in [5.41, 5.74) is 0.699. The van der Waals surface area contributed by atoms with E-state index in [0.29, 0.717) is 5.56 Å². The molecule has 2 N–H and O–H groups in total. The normalized spacial score (nSPS) is 19.7. The number of aliphatic hydroxyl groups excluding tert-OH is 1. The number of phenols is 1. The van der Waals surface area contributed by atoms with E-state index in [1.54, 1.807) is 24.3 Å². The molecule has 0 bridgehead atoms. The fraction of sp³-hybridized carbons (Fsp3) is 0.235. The number of aromatic hydroxyl groups is 1. The first-order valence-electron chi connectivity index (χ1n) is 7.00. The maximum Gasteiger partial charge on any atom is 0.204 e. The molecular weight excluding hydrogens is 300 g/mol. The minimum atomic E-state index is -1.38. The second-order valence-corrected chi connectivity index (χ2v) is 5.09. The SMILES string of the molecule is COc1cc(O)c(OC)c2c1C(=O)[C@@H](O)[C@@H](c1ccccc1)O2. The van der Waals surface area contributed by atoms with E-state index in [1.807, 2.05) is 6.07 Å². The van der Waals surface area contributed by atoms with Crippen LogP contribution in [0, 0.1) is 0 Å². The van der Waals surface area contributed by atoms with Gasteiger partial charge >= 0.3 is 0 Å². The van der Waals surface area contributed by atoms with Crippen LogP contribution in [-0.4, -0.2) is 36.3 Å². The van der Waals surface area contributed by atoms with Gasteiger partial charge in [-0.3, -0.25) is 4.79 Å². The average molecular weight is 316 g/mol. The van der Waals surface area contributed by atoms with Crippen LogP contribution in [0.2, 0.25) is 0 Å². The Kier molecular flexibility index (Phi) is 3.83. The molecule has 1 aliphatic heterocycles. The van der Waals surface area contributed by atoms with Gasteiger partial charge in [-0.2, -0.15) is 0 Å². The molecule has 3 rings (SSSR count). The topological polar surface area (TPSA) is 85.2 Å². The van der Waals surface area contributed by atoms with Gasteiger partial charge in [0.25, 0.3) is 0 Å². The summed E-state index contributed by atoms with van der Waals surface area (Å²) in [5, 5.41) is 20.4. The molecule has 1 heterocycles. The van der Waals surface area contributed by atoms with Crippen LogP contribution < -0.4 is 14.2 Å². The van der Waals surface area contributed by atoms with Crippen molar-refractivity contribution in [2.45, 2.75) is 12.2 Å². The van der Waals surface area contributed by atoms with Crippen LogP contribution >= 0.6 is 0 Å². The molecule has 6 heteroatoms. The summed E-state index contributed by atoms with van der Waals surface area (Å²) in [6.07, 6.45) is -2.27. The third-order valence-electron chi connectivity index (χ3n) is 3.78. The highest BCUT2D eigenvalue weighted by Gasteiger charge is 2.41. The van der Waals surface area contributed by atoms with Crippen LogP contribution in [0.4, 0.5) is 0 Å². The third-order valence-corrected chi connectivity index (χ3v) is 3.78. The van der Waals surface area contributed by atoms with Crippen LogP contribution in [0.25, 0.3) is 0 Å². The van der Waals surface area contributed by atoms with Crippen LogP contribution in [0.5, 0.6) is 23.0 Å². The zero-order valence-electron chi connectivity index (χ0n) is 12.6. The number of Topliss-reactive ketones (excluding diaryl/α,β-unsaturated/α-hetero) is 1. The molecule has 0 saturated heterocycles. The molecular formula is C17H16O6. The number of carbonyl (C=O) groups excluding carboxylic acids is 1. The van der Waals surface area contributed by atoms with Crippen LogP contribution in [0.1, 0.15) is 22.0 Å². The van der Waals surface area contributed by atoms with Crippen molar-refractivity contribution in [3.63, 3.8) is 0 Å². The Balaban J connectivity index is 2.18. The van der Waals surface area contributed by atoms with Crippen molar-refractivity contribution < 1.29 is 29.2 Å². The second-order valence-electron chi connectivity index (χ2n) is 5.09. The number of fused-ring (bicyclic) bond motifs is 1. The molecule has 1 aliphatic rings. The number of benzene rings is 2. The highest BCUT2D eigenvalue weighted by molar-refractivity contribution is 6.06. The Bertz CT molecular complexity index is 740. The number of methoxy groups -OCH3 is 2. The van der Waals surface area contributed by atoms with E-state index in [2.05, 4.69) is 0 Å². The summed E-state index contributed by atoms with van der Waals surface area (Å²) in [6.45, 7) is 0. The fourth-order valence-electron chi connectivity index (χ4n) is 2.68. The van der Waals surface area contributed by atoms with Crippen molar-refractivity contribution in [3.05, 3.63) is 47.5 Å². The van der Waals surface area contributed by atoms with Crippen molar-refractivity contribution in [1.82, 2.24) is 0 Å². The third kappa shape index (κ3) is 2.37. The Morgan fingerprint density at radius 2 is 1.83 bits per heavy atom. The molecule has 2 aromatic rings. The molecule has 0 spiro atoms. The predicted octanol–water partition coefficient (Wildman–Crippen LogP) is 2.09. The van der Waals surface area contributed by atoms with E-state index >= 15 is 0 Å². The van der Waals surface area contributed by atoms with Crippen LogP contribution in [0.3, 0.4) is 0 Å². The van der Waals surface area contributed by atoms with Gasteiger partial charge in [0.15, 0.2) is 23.7 Å². The Morgan fingerprint density at radius 1 is 1.13 bits per heavy atom. The lowest BCUT2D eigenvalue weighted by Gasteiger charge is -2.31. The molecule has 2 aromatic carbocycles. The number of aliphatic hydroxyl groups is 1. The number of ether oxygens (including phenoxy) is 3. The van der Waals surface area contributed by atoms with E-state index < -0.39 is 18.0 Å². The molecule has 0 fully saturated rings. The van der Waals surface area contributed by atoms with Gasteiger partial charge in [0.2, 0.25) is 11.5 Å². The highest BCUT2D eigenvalue weighted by atomic mass is 16.5. The van der Waals surface area contributed by atoms with Crippen molar-refractivity contribution in [3.8, 4) is 23.0 Å². The predicted molar refractivity (Wildman–Crippen MR) is 81.4 cm³/mol. The van der Waals surface area contributed by atoms with E-state index in [9.17, 15) is 15.0 Å². The number of ketones is 1. The maximum absolute atomic E-state index is 12.6. The van der Waals surface area contributed by atoms with Crippen LogP contribution in [-0.2, 0) is 0 Å². The molecule has 0 amide bonds. The first kappa shape index (κ1) is 15.2. The molecule has 0 saturated carbocycles. The van der Waals surface area contributed by atoms with Gasteiger partial charge in [0, 0.05) is 6.07 Å². The quantitative estimate of drug-likeness (QED) is 0.902. The lowest BCUT2D eigenvalue weighted by atomic mass is 9.92. The standard InChI is InChI=1S/C17H16O6/c1-21-11-8-10(18)16(22-2)17-12(11)13(19)14(20)15(23-17)9-6-4-3-5-7-9/h3-8,14-15,18,20H,1-2H3/t14-,15-/m1/s1. The molecule has 0 aliphatic carbocycles. The molecule has 2 atom stereocenters. The number of carbonyl (C=O) groups is 1. The van der Waals surface area contributed by atoms with Gasteiger partial charge in [-0.1, -0.05) is 30.3 Å². The van der Waals surface area contributed by atoms with E-state index in [-0.39, 0.29) is 28.6 Å². The average Bonchev–Trinajstić information content (AvgIpc) is 2.57. The zero-order chi connectivity index (χ0) is 16.6. The first-order valence-corrected chi connectivity index (χ1v) is 7.00. The number of rotatable bonds is 3. The molecule has 0 unspecified atom stereocenters. The number of hydrogen-bond acceptors (Lipinski definition) is 6. The molecule has 0 aromatic heterocycles. The summed E-state index contributed by atoms with van der Waals surface area (Å²) in [7, 11) is 2.72. The lowest BCUT2D eigenvalue weighted by Crippen LogP contribution is -2.36. The Labute approximate surface area is 132 Å². The molecule has 23 heavy (non-hydrogen) atoms. The number of hydrogen-bond donors (Lipinski definition) is 2. The monoisotopic (exact) mass is 316 g/mol. The largest absolute Gasteiger partial charge is 0.504 e. The molecule has 0 radical (unpaired) electrons. The van der Waals surface area contributed by atoms with Gasteiger partial charge < -0.3 is 24.4 Å². The lowest BCUT2D eigenvalue weighted by molar-refractivity contribution is 0.0197. The Hall–Kier alpha value is -2.73. The van der Waals surface area contributed by atoms with E-state index in [4.69, 9.17) is 14.2 Å². The highest BCUT2D eigenvalue weighted by Crippen LogP contribution is 2.49. The molecule has 120 valence electrons. The van der Waals surface area contributed by atoms with Gasteiger partial charge in [-0.15, -0.1) is 0 Å². The minimum Gasteiger partial charge on any atom is -0.504 e. The fourth-order valence-corrected chi connectivity index (χ4v) is 2.68. The number of phenolic OH excluding ortho intramolecular Hbond substituents is 1. The van der Waals surface area contributed by atoms with Gasteiger partial charge in [-0.25, -0.2) is 0 Å². The summed E-state index contributed by atoms with van der Waals surface area (Å²) in [5.74, 6) is -0.543. The van der Waals surface area contributed by atoms with Crippen molar-refractivity contribution in [2.24, 2.45) is 0 Å². The van der Waals surface area contributed by atoms with Crippen LogP contribution in [0.15, 0.2) is 36.4 Å². The summed E-state index contributed by atoms with van der Waals surface area (Å²) in [6, 6.07) is 10.1. The minimum absolute atomic E-state index is 0.0296. The van der Waals surface area contributed by atoms with Crippen molar-refractivity contribution >= 4 is 5.78 Å². The smallest absolute Gasteiger partial charge is 0.204 e. The van der Waals surface area contributed by atoms with Gasteiger partial charge in [0.1, 0.15) is 11.3 Å². The van der Waals surface area contributed by atoms with Crippen molar-refractivity contribution in [1.29, 1.82) is 0 Å². The molecule has 6 nitrogen and oxygen atoms in total. The van der Waals surface area contributed by atoms with E-state index in [0.717, 1.165) is 0 Å². The second kappa shape index (κ2) is 5.81. The summed E-state index contributed by atoms with van der Waals surface area (Å²) in [4.78, 5) is 12.6. The van der Waals surface area contributed by atoms with Gasteiger partial charge in [-0.05, 0) is 5.56 Å². The van der Waals surface area contributed by atoms with E-state index in [1.165, 1.54) is 20.3 Å². The summed E-state index contributed by atoms with van der Waals surface area (Å²) < 4.78 is 16.1. The maximum atomic E-state index is 12.6. The Morgan fingerprint density at radius 3 is 2.43 bits per heavy atom. The van der Waals surface area contributed by atoms with Crippen molar-refractivity contribution in [2.75, 3.05) is 14.2 Å². The first-order chi connectivity index (χ1) is 11.1. The van der Waals surface area contributed by atoms with Gasteiger partial charge in [0.05, 0.1) is 14.2 Å².